The Hall–Kier alpha value is -3.41. The number of ether oxygens (including phenoxy) is 3. The largest absolute Gasteiger partial charge is 0.462 e. The fourth-order valence-corrected chi connectivity index (χ4v) is 8.38. The van der Waals surface area contributed by atoms with Crippen LogP contribution in [-0.4, -0.2) is 37.2 Å². The summed E-state index contributed by atoms with van der Waals surface area (Å²) in [5, 5.41) is 0. The van der Waals surface area contributed by atoms with Crippen molar-refractivity contribution in [1.82, 2.24) is 0 Å². The van der Waals surface area contributed by atoms with Gasteiger partial charge in [0.2, 0.25) is 0 Å². The van der Waals surface area contributed by atoms with E-state index in [1.165, 1.54) is 141 Å². The molecule has 408 valence electrons. The highest BCUT2D eigenvalue weighted by Crippen LogP contribution is 2.16. The molecule has 0 saturated heterocycles. The maximum absolute atomic E-state index is 12.9. The zero-order valence-corrected chi connectivity index (χ0v) is 46.7. The Morgan fingerprint density at radius 2 is 0.549 bits per heavy atom. The van der Waals surface area contributed by atoms with Crippen LogP contribution in [0, 0.1) is 0 Å². The van der Waals surface area contributed by atoms with E-state index in [2.05, 4.69) is 106 Å². The molecule has 0 heterocycles. The van der Waals surface area contributed by atoms with Crippen molar-refractivity contribution in [2.45, 2.75) is 297 Å². The van der Waals surface area contributed by atoms with Gasteiger partial charge in [0.1, 0.15) is 13.2 Å². The standard InChI is InChI=1S/C65H112O6/c1-4-7-10-13-16-19-22-25-28-31-33-35-37-40-43-46-49-52-55-58-64(67)70-61-62(60-69-63(66)57-54-51-48-45-42-39-36-30-27-24-21-18-15-12-9-6-3)71-65(68)59-56-53-50-47-44-41-38-34-32-29-26-23-20-17-14-11-8-5-2/h7,10,16,19-20,23,25,28-29,32-33,35,40,43,62H,4-6,8-9,11-15,17-18,21-22,24,26-27,30-31,34,36-39,41-42,44-61H2,1-3H3/b10-7-,19-16-,23-20-,28-25-,32-29-,35-33-,43-40-. The first-order valence-electron chi connectivity index (χ1n) is 30.1. The predicted octanol–water partition coefficient (Wildman–Crippen LogP) is 20.3. The van der Waals surface area contributed by atoms with Gasteiger partial charge in [-0.15, -0.1) is 0 Å². The van der Waals surface area contributed by atoms with E-state index in [-0.39, 0.29) is 31.1 Å². The third-order valence-corrected chi connectivity index (χ3v) is 12.9. The number of allylic oxidation sites excluding steroid dienone is 14. The lowest BCUT2D eigenvalue weighted by Crippen LogP contribution is -2.30. The molecule has 0 aromatic rings. The number of unbranched alkanes of at least 4 members (excludes halogenated alkanes) is 29. The average Bonchev–Trinajstić information content (AvgIpc) is 3.37. The second-order valence-corrected chi connectivity index (χ2v) is 19.9. The van der Waals surface area contributed by atoms with Crippen molar-refractivity contribution in [2.75, 3.05) is 13.2 Å². The van der Waals surface area contributed by atoms with Gasteiger partial charge in [-0.25, -0.2) is 0 Å². The molecule has 0 aromatic carbocycles. The highest BCUT2D eigenvalue weighted by atomic mass is 16.6. The van der Waals surface area contributed by atoms with E-state index in [0.717, 1.165) is 109 Å². The van der Waals surface area contributed by atoms with Crippen LogP contribution in [-0.2, 0) is 28.6 Å². The fourth-order valence-electron chi connectivity index (χ4n) is 8.38. The van der Waals surface area contributed by atoms with E-state index in [1.54, 1.807) is 0 Å². The second kappa shape index (κ2) is 59.2. The van der Waals surface area contributed by atoms with E-state index in [4.69, 9.17) is 14.2 Å². The Bertz CT molecular complexity index is 1370. The first-order valence-corrected chi connectivity index (χ1v) is 30.1. The van der Waals surface area contributed by atoms with Crippen LogP contribution in [0.25, 0.3) is 0 Å². The third kappa shape index (κ3) is 57.4. The molecule has 0 amide bonds. The topological polar surface area (TPSA) is 78.9 Å². The van der Waals surface area contributed by atoms with Crippen molar-refractivity contribution in [3.63, 3.8) is 0 Å². The smallest absolute Gasteiger partial charge is 0.306 e. The lowest BCUT2D eigenvalue weighted by atomic mass is 10.0. The van der Waals surface area contributed by atoms with E-state index >= 15 is 0 Å². The lowest BCUT2D eigenvalue weighted by Gasteiger charge is -2.18. The number of carbonyl (C=O) groups excluding carboxylic acids is 3. The van der Waals surface area contributed by atoms with Crippen LogP contribution < -0.4 is 0 Å². The van der Waals surface area contributed by atoms with E-state index in [1.807, 2.05) is 0 Å². The van der Waals surface area contributed by atoms with Crippen molar-refractivity contribution in [3.8, 4) is 0 Å². The number of hydrogen-bond donors (Lipinski definition) is 0. The molecule has 6 heteroatoms. The Kier molecular flexibility index (Phi) is 56.3. The molecule has 0 N–H and O–H groups in total. The Morgan fingerprint density at radius 1 is 0.296 bits per heavy atom. The maximum Gasteiger partial charge on any atom is 0.306 e. The average molecular weight is 990 g/mol. The fraction of sp³-hybridized carbons (Fsp3) is 0.738. The summed E-state index contributed by atoms with van der Waals surface area (Å²) in [6, 6.07) is 0. The molecule has 0 radical (unpaired) electrons. The first-order chi connectivity index (χ1) is 35.0. The minimum atomic E-state index is -0.794. The quantitative estimate of drug-likeness (QED) is 0.0261. The molecule has 0 aliphatic carbocycles. The highest BCUT2D eigenvalue weighted by molar-refractivity contribution is 5.71. The van der Waals surface area contributed by atoms with Crippen molar-refractivity contribution < 1.29 is 28.6 Å². The number of hydrogen-bond acceptors (Lipinski definition) is 6. The summed E-state index contributed by atoms with van der Waals surface area (Å²) in [5.41, 5.74) is 0. The van der Waals surface area contributed by atoms with Crippen LogP contribution in [0.3, 0.4) is 0 Å². The van der Waals surface area contributed by atoms with Crippen LogP contribution in [0.1, 0.15) is 290 Å². The van der Waals surface area contributed by atoms with Gasteiger partial charge in [0, 0.05) is 19.3 Å². The molecule has 0 aromatic heterocycles. The minimum Gasteiger partial charge on any atom is -0.462 e. The summed E-state index contributed by atoms with van der Waals surface area (Å²) in [5.74, 6) is -0.919. The molecule has 1 atom stereocenters. The van der Waals surface area contributed by atoms with Crippen LogP contribution in [0.2, 0.25) is 0 Å². The molecule has 0 saturated carbocycles. The molecule has 1 unspecified atom stereocenters. The molecule has 6 nitrogen and oxygen atoms in total. The van der Waals surface area contributed by atoms with Gasteiger partial charge in [0.15, 0.2) is 6.10 Å². The van der Waals surface area contributed by atoms with Gasteiger partial charge in [-0.3, -0.25) is 14.4 Å². The Morgan fingerprint density at radius 3 is 0.887 bits per heavy atom. The first kappa shape index (κ1) is 67.6. The zero-order chi connectivity index (χ0) is 51.4. The SMILES string of the molecule is CC/C=C\C/C=C\C/C=C\C/C=C\C/C=C\CCCCCC(=O)OCC(COC(=O)CCCCCCCCCCCCCCCCCC)OC(=O)CCCCCCCCC/C=C\C/C=C\CCCCCC. The normalized spacial score (nSPS) is 12.7. The van der Waals surface area contributed by atoms with Crippen molar-refractivity contribution in [2.24, 2.45) is 0 Å². The highest BCUT2D eigenvalue weighted by Gasteiger charge is 2.19. The monoisotopic (exact) mass is 989 g/mol. The Labute approximate surface area is 439 Å². The Balaban J connectivity index is 4.45. The van der Waals surface area contributed by atoms with Crippen molar-refractivity contribution in [3.05, 3.63) is 85.1 Å². The van der Waals surface area contributed by atoms with Gasteiger partial charge in [0.05, 0.1) is 0 Å². The van der Waals surface area contributed by atoms with Gasteiger partial charge in [-0.2, -0.15) is 0 Å². The van der Waals surface area contributed by atoms with Gasteiger partial charge in [-0.05, 0) is 96.3 Å². The summed E-state index contributed by atoms with van der Waals surface area (Å²) < 4.78 is 16.9. The van der Waals surface area contributed by atoms with Gasteiger partial charge in [0.25, 0.3) is 0 Å². The molecule has 0 fully saturated rings. The number of esters is 3. The zero-order valence-electron chi connectivity index (χ0n) is 46.7. The summed E-state index contributed by atoms with van der Waals surface area (Å²) in [6.45, 7) is 6.50. The summed E-state index contributed by atoms with van der Waals surface area (Å²) in [7, 11) is 0. The molecular weight excluding hydrogens is 877 g/mol. The summed E-state index contributed by atoms with van der Waals surface area (Å²) >= 11 is 0. The molecule has 0 aliphatic rings. The van der Waals surface area contributed by atoms with Crippen LogP contribution >= 0.6 is 0 Å². The van der Waals surface area contributed by atoms with Crippen molar-refractivity contribution >= 4 is 17.9 Å². The van der Waals surface area contributed by atoms with Crippen LogP contribution in [0.15, 0.2) is 85.1 Å². The van der Waals surface area contributed by atoms with Gasteiger partial charge in [-0.1, -0.05) is 260 Å². The summed E-state index contributed by atoms with van der Waals surface area (Å²) in [6.07, 6.45) is 77.1. The van der Waals surface area contributed by atoms with Crippen LogP contribution in [0.4, 0.5) is 0 Å². The van der Waals surface area contributed by atoms with Crippen LogP contribution in [0.5, 0.6) is 0 Å². The molecule has 0 spiro atoms. The molecule has 71 heavy (non-hydrogen) atoms. The number of carbonyl (C=O) groups is 3. The molecule has 0 aliphatic heterocycles. The van der Waals surface area contributed by atoms with Crippen molar-refractivity contribution in [1.29, 1.82) is 0 Å². The number of rotatable bonds is 54. The second-order valence-electron chi connectivity index (χ2n) is 19.9. The van der Waals surface area contributed by atoms with E-state index in [0.29, 0.717) is 19.3 Å². The van der Waals surface area contributed by atoms with E-state index < -0.39 is 6.10 Å². The minimum absolute atomic E-state index is 0.0883. The third-order valence-electron chi connectivity index (χ3n) is 12.9. The summed E-state index contributed by atoms with van der Waals surface area (Å²) in [4.78, 5) is 38.2. The molecular formula is C65H112O6. The predicted molar refractivity (Wildman–Crippen MR) is 307 cm³/mol. The lowest BCUT2D eigenvalue weighted by molar-refractivity contribution is -0.167. The molecule has 0 rings (SSSR count). The van der Waals surface area contributed by atoms with Gasteiger partial charge < -0.3 is 14.2 Å². The molecule has 0 bridgehead atoms. The van der Waals surface area contributed by atoms with Gasteiger partial charge >= 0.3 is 17.9 Å². The maximum atomic E-state index is 12.9. The van der Waals surface area contributed by atoms with E-state index in [9.17, 15) is 14.4 Å².